The van der Waals surface area contributed by atoms with Gasteiger partial charge in [-0.05, 0) is 12.3 Å². The monoisotopic (exact) mass is 211 g/mol. The minimum absolute atomic E-state index is 0.127. The van der Waals surface area contributed by atoms with Gasteiger partial charge in [0, 0.05) is 6.42 Å². The number of hydrogen-bond donors (Lipinski definition) is 1. The average Bonchev–Trinajstić information content (AvgIpc) is 2.72. The third kappa shape index (κ3) is 3.30. The molecule has 0 saturated carbocycles. The van der Waals surface area contributed by atoms with Crippen molar-refractivity contribution >= 4 is 0 Å². The lowest BCUT2D eigenvalue weighted by atomic mass is 10.0. The fourth-order valence-corrected chi connectivity index (χ4v) is 1.34. The minimum atomic E-state index is -0.127. The van der Waals surface area contributed by atoms with Crippen LogP contribution in [-0.4, -0.2) is 10.1 Å². The number of nitrogens with zero attached hydrogens (tertiary/aromatic N) is 2. The molecule has 0 bridgehead atoms. The molecule has 0 fully saturated rings. The molecule has 0 aliphatic carbocycles. The Balaban J connectivity index is 2.58. The Bertz CT molecular complexity index is 285. The zero-order chi connectivity index (χ0) is 11.3. The van der Waals surface area contributed by atoms with Crippen LogP contribution in [0, 0.1) is 5.92 Å². The lowest BCUT2D eigenvalue weighted by Gasteiger charge is -2.12. The van der Waals surface area contributed by atoms with Crippen molar-refractivity contribution in [1.82, 2.24) is 10.1 Å². The van der Waals surface area contributed by atoms with E-state index in [9.17, 15) is 0 Å². The second-order valence-electron chi connectivity index (χ2n) is 4.06. The van der Waals surface area contributed by atoms with Crippen LogP contribution in [0.25, 0.3) is 0 Å². The predicted molar refractivity (Wildman–Crippen MR) is 59.3 cm³/mol. The highest BCUT2D eigenvalue weighted by Gasteiger charge is 2.19. The molecule has 0 amide bonds. The molecule has 0 aliphatic rings. The van der Waals surface area contributed by atoms with Gasteiger partial charge in [0.15, 0.2) is 5.82 Å². The van der Waals surface area contributed by atoms with Crippen molar-refractivity contribution in [3.63, 3.8) is 0 Å². The summed E-state index contributed by atoms with van der Waals surface area (Å²) in [6, 6.07) is -0.127. The predicted octanol–water partition coefficient (Wildman–Crippen LogP) is 2.46. The lowest BCUT2D eigenvalue weighted by Crippen LogP contribution is -2.18. The Kier molecular flexibility index (Phi) is 4.75. The Morgan fingerprint density at radius 1 is 1.40 bits per heavy atom. The van der Waals surface area contributed by atoms with Crippen LogP contribution in [0.15, 0.2) is 4.52 Å². The SMILES string of the molecule is CCCCc1noc(C(N)C(C)CC)n1. The normalized spacial score (nSPS) is 15.2. The molecule has 1 heterocycles. The zero-order valence-electron chi connectivity index (χ0n) is 9.86. The van der Waals surface area contributed by atoms with Gasteiger partial charge in [0.25, 0.3) is 0 Å². The molecule has 1 rings (SSSR count). The van der Waals surface area contributed by atoms with Gasteiger partial charge >= 0.3 is 0 Å². The third-order valence-electron chi connectivity index (χ3n) is 2.78. The van der Waals surface area contributed by atoms with Crippen molar-refractivity contribution in [2.45, 2.75) is 52.5 Å². The zero-order valence-corrected chi connectivity index (χ0v) is 9.86. The molecular weight excluding hydrogens is 190 g/mol. The van der Waals surface area contributed by atoms with Crippen molar-refractivity contribution in [2.75, 3.05) is 0 Å². The van der Waals surface area contributed by atoms with E-state index in [0.29, 0.717) is 11.8 Å². The molecule has 0 saturated heterocycles. The molecule has 4 nitrogen and oxygen atoms in total. The topological polar surface area (TPSA) is 64.9 Å². The van der Waals surface area contributed by atoms with E-state index in [-0.39, 0.29) is 6.04 Å². The number of aromatic nitrogens is 2. The molecule has 2 N–H and O–H groups in total. The highest BCUT2D eigenvalue weighted by Crippen LogP contribution is 2.20. The first-order valence-corrected chi connectivity index (χ1v) is 5.77. The number of nitrogens with two attached hydrogens (primary N) is 1. The van der Waals surface area contributed by atoms with E-state index in [0.717, 1.165) is 31.5 Å². The number of aryl methyl sites for hydroxylation is 1. The van der Waals surface area contributed by atoms with Crippen LogP contribution in [0.1, 0.15) is 57.8 Å². The summed E-state index contributed by atoms with van der Waals surface area (Å²) in [6.07, 6.45) is 4.14. The van der Waals surface area contributed by atoms with Crippen LogP contribution in [0.5, 0.6) is 0 Å². The van der Waals surface area contributed by atoms with E-state index in [1.165, 1.54) is 0 Å². The van der Waals surface area contributed by atoms with Gasteiger partial charge in [-0.2, -0.15) is 4.98 Å². The molecule has 0 aliphatic heterocycles. The Morgan fingerprint density at radius 3 is 2.73 bits per heavy atom. The fourth-order valence-electron chi connectivity index (χ4n) is 1.34. The van der Waals surface area contributed by atoms with E-state index >= 15 is 0 Å². The van der Waals surface area contributed by atoms with Gasteiger partial charge in [0.1, 0.15) is 0 Å². The first kappa shape index (κ1) is 12.2. The highest BCUT2D eigenvalue weighted by molar-refractivity contribution is 4.93. The molecule has 0 spiro atoms. The van der Waals surface area contributed by atoms with Crippen LogP contribution >= 0.6 is 0 Å². The minimum Gasteiger partial charge on any atom is -0.338 e. The maximum atomic E-state index is 5.99. The van der Waals surface area contributed by atoms with E-state index in [4.69, 9.17) is 10.3 Å². The second kappa shape index (κ2) is 5.85. The van der Waals surface area contributed by atoms with Crippen molar-refractivity contribution in [1.29, 1.82) is 0 Å². The van der Waals surface area contributed by atoms with Gasteiger partial charge < -0.3 is 10.3 Å². The van der Waals surface area contributed by atoms with Crippen LogP contribution < -0.4 is 5.73 Å². The maximum Gasteiger partial charge on any atom is 0.243 e. The summed E-state index contributed by atoms with van der Waals surface area (Å²) < 4.78 is 5.16. The van der Waals surface area contributed by atoms with Gasteiger partial charge in [-0.15, -0.1) is 0 Å². The van der Waals surface area contributed by atoms with Crippen molar-refractivity contribution in [3.8, 4) is 0 Å². The van der Waals surface area contributed by atoms with E-state index in [1.807, 2.05) is 0 Å². The molecule has 2 unspecified atom stereocenters. The smallest absolute Gasteiger partial charge is 0.243 e. The van der Waals surface area contributed by atoms with Gasteiger partial charge in [0.05, 0.1) is 6.04 Å². The summed E-state index contributed by atoms with van der Waals surface area (Å²) in [5.41, 5.74) is 5.99. The van der Waals surface area contributed by atoms with Crippen LogP contribution in [0.4, 0.5) is 0 Å². The molecule has 15 heavy (non-hydrogen) atoms. The average molecular weight is 211 g/mol. The molecule has 0 radical (unpaired) electrons. The molecule has 86 valence electrons. The summed E-state index contributed by atoms with van der Waals surface area (Å²) in [7, 11) is 0. The number of rotatable bonds is 6. The Hall–Kier alpha value is -0.900. The molecular formula is C11H21N3O. The van der Waals surface area contributed by atoms with Crippen molar-refractivity contribution in [3.05, 3.63) is 11.7 Å². The fraction of sp³-hybridized carbons (Fsp3) is 0.818. The molecule has 2 atom stereocenters. The first-order valence-electron chi connectivity index (χ1n) is 5.77. The summed E-state index contributed by atoms with van der Waals surface area (Å²) in [6.45, 7) is 6.35. The third-order valence-corrected chi connectivity index (χ3v) is 2.78. The van der Waals surface area contributed by atoms with E-state index in [1.54, 1.807) is 0 Å². The summed E-state index contributed by atoms with van der Waals surface area (Å²) in [5.74, 6) is 1.74. The summed E-state index contributed by atoms with van der Waals surface area (Å²) >= 11 is 0. The maximum absolute atomic E-state index is 5.99. The largest absolute Gasteiger partial charge is 0.338 e. The van der Waals surface area contributed by atoms with Gasteiger partial charge in [0.2, 0.25) is 5.89 Å². The second-order valence-corrected chi connectivity index (χ2v) is 4.06. The summed E-state index contributed by atoms with van der Waals surface area (Å²) in [5, 5.41) is 3.93. The highest BCUT2D eigenvalue weighted by atomic mass is 16.5. The van der Waals surface area contributed by atoms with Gasteiger partial charge in [-0.1, -0.05) is 38.8 Å². The Labute approximate surface area is 91.2 Å². The number of hydrogen-bond acceptors (Lipinski definition) is 4. The van der Waals surface area contributed by atoms with Gasteiger partial charge in [-0.25, -0.2) is 0 Å². The molecule has 1 aromatic rings. The van der Waals surface area contributed by atoms with Crippen LogP contribution in [-0.2, 0) is 6.42 Å². The van der Waals surface area contributed by atoms with Crippen molar-refractivity contribution in [2.24, 2.45) is 11.7 Å². The molecule has 0 aromatic carbocycles. The quantitative estimate of drug-likeness (QED) is 0.785. The van der Waals surface area contributed by atoms with E-state index < -0.39 is 0 Å². The van der Waals surface area contributed by atoms with E-state index in [2.05, 4.69) is 30.9 Å². The standard InChI is InChI=1S/C11H21N3O/c1-4-6-7-9-13-11(15-14-9)10(12)8(3)5-2/h8,10H,4-7,12H2,1-3H3. The van der Waals surface area contributed by atoms with Crippen molar-refractivity contribution < 1.29 is 4.52 Å². The number of unbranched alkanes of at least 4 members (excludes halogenated alkanes) is 1. The lowest BCUT2D eigenvalue weighted by molar-refractivity contribution is 0.310. The molecule has 1 aromatic heterocycles. The molecule has 4 heteroatoms. The Morgan fingerprint density at radius 2 is 2.13 bits per heavy atom. The van der Waals surface area contributed by atoms with Crippen LogP contribution in [0.2, 0.25) is 0 Å². The van der Waals surface area contributed by atoms with Gasteiger partial charge in [-0.3, -0.25) is 0 Å². The summed E-state index contributed by atoms with van der Waals surface area (Å²) in [4.78, 5) is 4.31. The first-order chi connectivity index (χ1) is 7.19. The van der Waals surface area contributed by atoms with Crippen LogP contribution in [0.3, 0.4) is 0 Å².